The second-order valence-corrected chi connectivity index (χ2v) is 6.18. The van der Waals surface area contributed by atoms with Gasteiger partial charge in [0.2, 0.25) is 5.92 Å². The van der Waals surface area contributed by atoms with Crippen LogP contribution in [0, 0.1) is 0 Å². The van der Waals surface area contributed by atoms with E-state index < -0.39 is 11.5 Å². The molecule has 1 saturated carbocycles. The molecule has 1 aromatic heterocycles. The molecule has 2 rings (SSSR count). The zero-order valence-corrected chi connectivity index (χ0v) is 11.7. The summed E-state index contributed by atoms with van der Waals surface area (Å²) >= 11 is 7.01. The Morgan fingerprint density at radius 2 is 2.05 bits per heavy atom. The molecule has 3 nitrogen and oxygen atoms in total. The van der Waals surface area contributed by atoms with Crippen LogP contribution in [0.5, 0.6) is 0 Å². The Labute approximate surface area is 118 Å². The molecule has 1 aliphatic rings. The molecule has 0 aromatic carbocycles. The number of hydrogen-bond donors (Lipinski definition) is 2. The molecule has 1 aromatic rings. The molecule has 0 bridgehead atoms. The predicted octanol–water partition coefficient (Wildman–Crippen LogP) is 3.07. The van der Waals surface area contributed by atoms with E-state index in [1.54, 1.807) is 11.4 Å². The highest BCUT2D eigenvalue weighted by Crippen LogP contribution is 2.38. The number of halogens is 3. The highest BCUT2D eigenvalue weighted by atomic mass is 35.5. The SMILES string of the molecule is O=C(NCC1(O)CCC(F)(F)CC1)c1sccc1Cl. The molecule has 1 fully saturated rings. The van der Waals surface area contributed by atoms with Gasteiger partial charge in [0, 0.05) is 19.4 Å². The molecule has 19 heavy (non-hydrogen) atoms. The Morgan fingerprint density at radius 3 is 2.58 bits per heavy atom. The lowest BCUT2D eigenvalue weighted by Gasteiger charge is -2.35. The summed E-state index contributed by atoms with van der Waals surface area (Å²) in [6, 6.07) is 1.61. The Hall–Kier alpha value is -0.720. The first-order chi connectivity index (χ1) is 8.81. The van der Waals surface area contributed by atoms with E-state index in [0.717, 1.165) is 0 Å². The molecule has 0 unspecified atom stereocenters. The van der Waals surface area contributed by atoms with Gasteiger partial charge in [-0.25, -0.2) is 8.78 Å². The van der Waals surface area contributed by atoms with Crippen LogP contribution in [0.4, 0.5) is 8.78 Å². The van der Waals surface area contributed by atoms with Gasteiger partial charge < -0.3 is 10.4 Å². The molecule has 0 atom stereocenters. The summed E-state index contributed by atoms with van der Waals surface area (Å²) in [5, 5.41) is 14.7. The summed E-state index contributed by atoms with van der Waals surface area (Å²) in [6.45, 7) is -0.0316. The first kappa shape index (κ1) is 14.7. The van der Waals surface area contributed by atoms with Crippen LogP contribution in [-0.2, 0) is 0 Å². The summed E-state index contributed by atoms with van der Waals surface area (Å²) in [5.41, 5.74) is -1.25. The van der Waals surface area contributed by atoms with Crippen LogP contribution in [0.3, 0.4) is 0 Å². The molecular weight excluding hydrogens is 296 g/mol. The molecule has 0 radical (unpaired) electrons. The van der Waals surface area contributed by atoms with Crippen molar-refractivity contribution in [3.63, 3.8) is 0 Å². The maximum atomic E-state index is 13.0. The number of aliphatic hydroxyl groups is 1. The topological polar surface area (TPSA) is 49.3 Å². The van der Waals surface area contributed by atoms with E-state index in [2.05, 4.69) is 5.32 Å². The van der Waals surface area contributed by atoms with Crippen molar-refractivity contribution in [2.45, 2.75) is 37.2 Å². The standard InChI is InChI=1S/C12H14ClF2NO2S/c13-8-1-6-19-9(8)10(17)16-7-11(18)2-4-12(14,15)5-3-11/h1,6,18H,2-5,7H2,(H,16,17). The fraction of sp³-hybridized carbons (Fsp3) is 0.583. The lowest BCUT2D eigenvalue weighted by atomic mass is 9.83. The minimum Gasteiger partial charge on any atom is -0.388 e. The number of nitrogens with one attached hydrogen (secondary N) is 1. The fourth-order valence-corrected chi connectivity index (χ4v) is 3.10. The summed E-state index contributed by atoms with van der Waals surface area (Å²) in [7, 11) is 0. The van der Waals surface area contributed by atoms with Gasteiger partial charge in [0.15, 0.2) is 0 Å². The predicted molar refractivity (Wildman–Crippen MR) is 70.0 cm³/mol. The summed E-state index contributed by atoms with van der Waals surface area (Å²) < 4.78 is 26.0. The van der Waals surface area contributed by atoms with Crippen molar-refractivity contribution < 1.29 is 18.7 Å². The van der Waals surface area contributed by atoms with E-state index in [9.17, 15) is 18.7 Å². The number of amides is 1. The number of hydrogen-bond acceptors (Lipinski definition) is 3. The van der Waals surface area contributed by atoms with Crippen LogP contribution in [0.1, 0.15) is 35.4 Å². The van der Waals surface area contributed by atoms with Crippen molar-refractivity contribution in [2.24, 2.45) is 0 Å². The first-order valence-electron chi connectivity index (χ1n) is 5.93. The van der Waals surface area contributed by atoms with Crippen molar-refractivity contribution >= 4 is 28.8 Å². The van der Waals surface area contributed by atoms with E-state index in [-0.39, 0.29) is 38.1 Å². The molecule has 7 heteroatoms. The molecule has 106 valence electrons. The molecule has 1 amide bonds. The van der Waals surface area contributed by atoms with Crippen LogP contribution in [0.2, 0.25) is 5.02 Å². The third kappa shape index (κ3) is 3.64. The van der Waals surface area contributed by atoms with Crippen molar-refractivity contribution in [1.82, 2.24) is 5.32 Å². The molecule has 1 aliphatic carbocycles. The molecule has 0 aliphatic heterocycles. The quantitative estimate of drug-likeness (QED) is 0.901. The van der Waals surface area contributed by atoms with E-state index in [1.807, 2.05) is 0 Å². The minimum absolute atomic E-state index is 0.0154. The average molecular weight is 310 g/mol. The fourth-order valence-electron chi connectivity index (χ4n) is 2.04. The molecule has 0 saturated heterocycles. The third-order valence-corrected chi connectivity index (χ3v) is 4.65. The van der Waals surface area contributed by atoms with Gasteiger partial charge in [-0.1, -0.05) is 11.6 Å². The third-order valence-electron chi connectivity index (χ3n) is 3.31. The molecular formula is C12H14ClF2NO2S. The van der Waals surface area contributed by atoms with Gasteiger partial charge in [0.05, 0.1) is 10.6 Å². The van der Waals surface area contributed by atoms with Gasteiger partial charge in [0.1, 0.15) is 4.88 Å². The van der Waals surface area contributed by atoms with Gasteiger partial charge in [-0.05, 0) is 24.3 Å². The zero-order chi connectivity index (χ0) is 14.1. The molecule has 2 N–H and O–H groups in total. The van der Waals surface area contributed by atoms with Gasteiger partial charge in [-0.2, -0.15) is 0 Å². The Balaban J connectivity index is 1.89. The zero-order valence-electron chi connectivity index (χ0n) is 10.1. The first-order valence-corrected chi connectivity index (χ1v) is 7.19. The lowest BCUT2D eigenvalue weighted by Crippen LogP contribution is -2.47. The maximum absolute atomic E-state index is 13.0. The van der Waals surface area contributed by atoms with E-state index in [1.165, 1.54) is 11.3 Å². The van der Waals surface area contributed by atoms with Gasteiger partial charge in [-0.3, -0.25) is 4.79 Å². The molecule has 0 spiro atoms. The van der Waals surface area contributed by atoms with Crippen molar-refractivity contribution in [1.29, 1.82) is 0 Å². The van der Waals surface area contributed by atoms with Crippen LogP contribution < -0.4 is 5.32 Å². The van der Waals surface area contributed by atoms with Crippen LogP contribution in [0.25, 0.3) is 0 Å². The van der Waals surface area contributed by atoms with Gasteiger partial charge in [0.25, 0.3) is 5.91 Å². The van der Waals surface area contributed by atoms with Crippen molar-refractivity contribution in [2.75, 3.05) is 6.54 Å². The minimum atomic E-state index is -2.70. The summed E-state index contributed by atoms with van der Waals surface area (Å²) in [5.74, 6) is -3.08. The highest BCUT2D eigenvalue weighted by Gasteiger charge is 2.42. The normalized spacial score (nSPS) is 21.1. The second-order valence-electron chi connectivity index (χ2n) is 4.86. The maximum Gasteiger partial charge on any atom is 0.262 e. The van der Waals surface area contributed by atoms with Gasteiger partial charge >= 0.3 is 0 Å². The number of alkyl halides is 2. The van der Waals surface area contributed by atoms with Crippen molar-refractivity contribution in [3.8, 4) is 0 Å². The number of carbonyl (C=O) groups is 1. The highest BCUT2D eigenvalue weighted by molar-refractivity contribution is 7.12. The number of rotatable bonds is 3. The second kappa shape index (κ2) is 5.34. The van der Waals surface area contributed by atoms with E-state index in [0.29, 0.717) is 9.90 Å². The lowest BCUT2D eigenvalue weighted by molar-refractivity contribution is -0.101. The molecule has 1 heterocycles. The summed E-state index contributed by atoms with van der Waals surface area (Å²) in [4.78, 5) is 12.2. The monoisotopic (exact) mass is 309 g/mol. The van der Waals surface area contributed by atoms with E-state index in [4.69, 9.17) is 11.6 Å². The number of thiophene rings is 1. The largest absolute Gasteiger partial charge is 0.388 e. The smallest absolute Gasteiger partial charge is 0.262 e. The van der Waals surface area contributed by atoms with Gasteiger partial charge in [-0.15, -0.1) is 11.3 Å². The van der Waals surface area contributed by atoms with Crippen LogP contribution in [0.15, 0.2) is 11.4 Å². The average Bonchev–Trinajstić information content (AvgIpc) is 2.77. The summed E-state index contributed by atoms with van der Waals surface area (Å²) in [6.07, 6.45) is -0.727. The van der Waals surface area contributed by atoms with E-state index >= 15 is 0 Å². The number of carbonyl (C=O) groups excluding carboxylic acids is 1. The van der Waals surface area contributed by atoms with Crippen LogP contribution >= 0.6 is 22.9 Å². The Morgan fingerprint density at radius 1 is 1.42 bits per heavy atom. The Kier molecular flexibility index (Phi) is 4.13. The van der Waals surface area contributed by atoms with Crippen molar-refractivity contribution in [3.05, 3.63) is 21.3 Å². The Bertz CT molecular complexity index is 468. The van der Waals surface area contributed by atoms with Crippen LogP contribution in [-0.4, -0.2) is 29.1 Å².